The third-order valence-electron chi connectivity index (χ3n) is 4.24. The first-order valence-corrected chi connectivity index (χ1v) is 10.8. The van der Waals surface area contributed by atoms with Gasteiger partial charge in [-0.3, -0.25) is 14.9 Å². The largest absolute Gasteiger partial charge is 0.465 e. The Bertz CT molecular complexity index is 1060. The van der Waals surface area contributed by atoms with Gasteiger partial charge in [-0.2, -0.15) is 13.9 Å². The minimum atomic E-state index is -3.94. The van der Waals surface area contributed by atoms with Gasteiger partial charge in [-0.1, -0.05) is 24.3 Å². The van der Waals surface area contributed by atoms with Crippen molar-refractivity contribution in [2.75, 3.05) is 20.3 Å². The molecule has 168 valence electrons. The Balaban J connectivity index is 3.03. The van der Waals surface area contributed by atoms with Crippen molar-refractivity contribution in [1.82, 2.24) is 4.98 Å². The summed E-state index contributed by atoms with van der Waals surface area (Å²) < 4.78 is 16.0. The number of non-ortho nitro benzene ring substituents is 1. The molecule has 0 spiro atoms. The van der Waals surface area contributed by atoms with E-state index < -0.39 is 18.8 Å². The number of carbonyl (C=O) groups is 2. The molecule has 32 heavy (non-hydrogen) atoms. The highest BCUT2D eigenvalue weighted by molar-refractivity contribution is 7.69. The van der Waals surface area contributed by atoms with Crippen molar-refractivity contribution < 1.29 is 33.2 Å². The van der Waals surface area contributed by atoms with Crippen LogP contribution >= 0.6 is 7.94 Å². The van der Waals surface area contributed by atoms with Crippen molar-refractivity contribution >= 4 is 31.2 Å². The van der Waals surface area contributed by atoms with Gasteiger partial charge in [0.1, 0.15) is 24.5 Å². The maximum Gasteiger partial charge on any atom is 0.449 e. The summed E-state index contributed by atoms with van der Waals surface area (Å²) in [4.78, 5) is 50.7. The van der Waals surface area contributed by atoms with Gasteiger partial charge in [-0.15, -0.1) is 13.2 Å². The van der Waals surface area contributed by atoms with Crippen LogP contribution in [0.25, 0.3) is 11.1 Å². The third-order valence-corrected chi connectivity index (χ3v) is 6.35. The second kappa shape index (κ2) is 10.8. The molecule has 0 atom stereocenters. The fourth-order valence-corrected chi connectivity index (χ4v) is 4.92. The van der Waals surface area contributed by atoms with Crippen LogP contribution in [0.5, 0.6) is 0 Å². The highest BCUT2D eigenvalue weighted by Gasteiger charge is 2.50. The number of pyridine rings is 1. The predicted octanol–water partition coefficient (Wildman–Crippen LogP) is 3.35. The van der Waals surface area contributed by atoms with E-state index in [4.69, 9.17) is 13.8 Å². The quantitative estimate of drug-likeness (QED) is 0.133. The average Bonchev–Trinajstić information content (AvgIpc) is 2.80. The van der Waals surface area contributed by atoms with Gasteiger partial charge in [0.05, 0.1) is 23.3 Å². The lowest BCUT2D eigenvalue weighted by Gasteiger charge is -2.22. The topological polar surface area (TPSA) is 138 Å². The molecular formula is C21H22N2O8P+. The van der Waals surface area contributed by atoms with Gasteiger partial charge in [-0.25, -0.2) is 9.78 Å². The van der Waals surface area contributed by atoms with Crippen molar-refractivity contribution in [2.45, 2.75) is 6.92 Å². The molecule has 0 saturated heterocycles. The number of carbonyl (C=O) groups excluding carboxylic acids is 2. The maximum atomic E-state index is 12.7. The van der Waals surface area contributed by atoms with Gasteiger partial charge >= 0.3 is 13.9 Å². The zero-order valence-electron chi connectivity index (χ0n) is 17.5. The van der Waals surface area contributed by atoms with E-state index in [9.17, 15) is 24.6 Å². The van der Waals surface area contributed by atoms with Crippen molar-refractivity contribution in [1.29, 1.82) is 0 Å². The third kappa shape index (κ3) is 5.12. The first kappa shape index (κ1) is 25.0. The number of esters is 1. The first-order chi connectivity index (χ1) is 15.2. The number of methoxy groups -OCH3 is 1. The number of nitro benzene ring substituents is 1. The lowest BCUT2D eigenvalue weighted by Crippen LogP contribution is -2.27. The Kier molecular flexibility index (Phi) is 8.45. The van der Waals surface area contributed by atoms with Crippen LogP contribution in [0.1, 0.15) is 26.5 Å². The van der Waals surface area contributed by atoms with E-state index in [2.05, 4.69) is 18.1 Å². The standard InChI is InChI=1S/C21H22N2O8P/c1-5-10-30-32(28,31-11-6-2)20-14(3)22-17(13-24)19(21(25)29-4)18(20)15-8-7-9-16(12-15)23(26)27/h5-9,12-13,28H,1-2,10-11H2,3-4H3/q+1. The number of hydrogen-bond acceptors (Lipinski definition) is 9. The molecule has 0 unspecified atom stereocenters. The summed E-state index contributed by atoms with van der Waals surface area (Å²) in [6, 6.07) is 5.35. The van der Waals surface area contributed by atoms with E-state index in [-0.39, 0.29) is 52.3 Å². The van der Waals surface area contributed by atoms with Crippen LogP contribution in [0.3, 0.4) is 0 Å². The van der Waals surface area contributed by atoms with Crippen LogP contribution in [-0.4, -0.2) is 47.4 Å². The number of aryl methyl sites for hydroxylation is 1. The van der Waals surface area contributed by atoms with Gasteiger partial charge in [-0.05, 0) is 12.5 Å². The lowest BCUT2D eigenvalue weighted by atomic mass is 9.97. The van der Waals surface area contributed by atoms with Gasteiger partial charge in [0.25, 0.3) is 5.69 Å². The van der Waals surface area contributed by atoms with Crippen LogP contribution in [0, 0.1) is 17.0 Å². The zero-order valence-corrected chi connectivity index (χ0v) is 18.4. The Hall–Kier alpha value is -3.30. The van der Waals surface area contributed by atoms with Gasteiger partial charge in [0.2, 0.25) is 5.30 Å². The maximum absolute atomic E-state index is 12.7. The summed E-state index contributed by atoms with van der Waals surface area (Å²) in [5, 5.41) is 11.3. The van der Waals surface area contributed by atoms with E-state index >= 15 is 0 Å². The van der Waals surface area contributed by atoms with Crippen molar-refractivity contribution in [3.8, 4) is 11.1 Å². The molecule has 0 aliphatic carbocycles. The Morgan fingerprint density at radius 1 is 1.28 bits per heavy atom. The first-order valence-electron chi connectivity index (χ1n) is 9.20. The number of benzene rings is 1. The summed E-state index contributed by atoms with van der Waals surface area (Å²) in [6.07, 6.45) is 3.13. The van der Waals surface area contributed by atoms with E-state index in [1.54, 1.807) is 0 Å². The SMILES string of the molecule is C=CCO[P+](O)(OCC=C)c1c(C)nc(C=O)c(C(=O)OC)c1-c1cccc([N+](=O)[O-])c1. The second-order valence-corrected chi connectivity index (χ2v) is 8.29. The fraction of sp³-hybridized carbons (Fsp3) is 0.190. The van der Waals surface area contributed by atoms with Gasteiger partial charge in [0, 0.05) is 12.1 Å². The number of ether oxygens (including phenoxy) is 1. The molecule has 1 heterocycles. The van der Waals surface area contributed by atoms with Gasteiger partial charge in [0.15, 0.2) is 6.29 Å². The van der Waals surface area contributed by atoms with Crippen LogP contribution < -0.4 is 5.30 Å². The summed E-state index contributed by atoms with van der Waals surface area (Å²) in [5.41, 5.74) is -0.548. The normalized spacial score (nSPS) is 11.0. The smallest absolute Gasteiger partial charge is 0.449 e. The molecule has 0 amide bonds. The van der Waals surface area contributed by atoms with E-state index in [1.165, 1.54) is 43.3 Å². The molecule has 0 radical (unpaired) electrons. The van der Waals surface area contributed by atoms with Gasteiger partial charge < -0.3 is 4.74 Å². The second-order valence-electron chi connectivity index (χ2n) is 6.29. The molecule has 10 nitrogen and oxygen atoms in total. The molecule has 1 aromatic heterocycles. The van der Waals surface area contributed by atoms with E-state index in [0.717, 1.165) is 7.11 Å². The fourth-order valence-electron chi connectivity index (χ4n) is 2.99. The molecule has 11 heteroatoms. The summed E-state index contributed by atoms with van der Waals surface area (Å²) in [5.74, 6) is -0.929. The number of rotatable bonds is 11. The molecule has 1 aromatic carbocycles. The van der Waals surface area contributed by atoms with Crippen LogP contribution in [-0.2, 0) is 13.8 Å². The van der Waals surface area contributed by atoms with Crippen LogP contribution in [0.2, 0.25) is 0 Å². The van der Waals surface area contributed by atoms with E-state index in [0.29, 0.717) is 6.29 Å². The van der Waals surface area contributed by atoms with Crippen molar-refractivity contribution in [2.24, 2.45) is 0 Å². The molecule has 2 rings (SSSR count). The van der Waals surface area contributed by atoms with Crippen LogP contribution in [0.4, 0.5) is 5.69 Å². The zero-order chi connectivity index (χ0) is 23.9. The Morgan fingerprint density at radius 2 is 1.91 bits per heavy atom. The molecule has 0 aliphatic rings. The molecule has 0 aliphatic heterocycles. The number of aldehydes is 1. The predicted molar refractivity (Wildman–Crippen MR) is 119 cm³/mol. The highest BCUT2D eigenvalue weighted by atomic mass is 31.2. The summed E-state index contributed by atoms with van der Waals surface area (Å²) in [7, 11) is -2.83. The van der Waals surface area contributed by atoms with Crippen LogP contribution in [0.15, 0.2) is 49.6 Å². The summed E-state index contributed by atoms with van der Waals surface area (Å²) in [6.45, 7) is 8.37. The Morgan fingerprint density at radius 3 is 2.41 bits per heavy atom. The Labute approximate surface area is 184 Å². The minimum Gasteiger partial charge on any atom is -0.465 e. The molecular weight excluding hydrogens is 439 g/mol. The lowest BCUT2D eigenvalue weighted by molar-refractivity contribution is -0.384. The molecule has 0 bridgehead atoms. The van der Waals surface area contributed by atoms with Crippen molar-refractivity contribution in [3.63, 3.8) is 0 Å². The monoisotopic (exact) mass is 461 g/mol. The molecule has 1 N–H and O–H groups in total. The number of hydrogen-bond donors (Lipinski definition) is 1. The molecule has 0 saturated carbocycles. The number of nitro groups is 1. The summed E-state index contributed by atoms with van der Waals surface area (Å²) >= 11 is 0. The molecule has 2 aromatic rings. The van der Waals surface area contributed by atoms with E-state index in [1.807, 2.05) is 0 Å². The minimum absolute atomic E-state index is 0.0147. The number of nitrogens with zero attached hydrogens (tertiary/aromatic N) is 2. The van der Waals surface area contributed by atoms with Crippen molar-refractivity contribution in [3.05, 3.63) is 76.6 Å². The molecule has 0 fully saturated rings. The highest BCUT2D eigenvalue weighted by Crippen LogP contribution is 2.58. The number of aromatic nitrogens is 1. The average molecular weight is 461 g/mol.